The number of aromatic nitrogens is 2. The van der Waals surface area contributed by atoms with Crippen molar-refractivity contribution >= 4 is 5.69 Å². The Kier molecular flexibility index (Phi) is 4.94. The Morgan fingerprint density at radius 2 is 2.00 bits per heavy atom. The van der Waals surface area contributed by atoms with Gasteiger partial charge in [0.15, 0.2) is 0 Å². The van der Waals surface area contributed by atoms with Crippen LogP contribution in [0.2, 0.25) is 0 Å². The van der Waals surface area contributed by atoms with Gasteiger partial charge in [-0.05, 0) is 44.5 Å². The molecule has 1 N–H and O–H groups in total. The summed E-state index contributed by atoms with van der Waals surface area (Å²) in [7, 11) is 0. The van der Waals surface area contributed by atoms with Crippen LogP contribution < -0.4 is 5.32 Å². The van der Waals surface area contributed by atoms with E-state index in [2.05, 4.69) is 10.4 Å². The van der Waals surface area contributed by atoms with E-state index in [1.165, 1.54) is 12.1 Å². The predicted molar refractivity (Wildman–Crippen MR) is 81.0 cm³/mol. The molecule has 1 heterocycles. The largest absolute Gasteiger partial charge is 0.418 e. The lowest BCUT2D eigenvalue weighted by atomic mass is 10.1. The lowest BCUT2D eigenvalue weighted by Gasteiger charge is -2.15. The third-order valence-electron chi connectivity index (χ3n) is 3.42. The second-order valence-electron chi connectivity index (χ2n) is 5.30. The molecular formula is C16H17F3N4. The van der Waals surface area contributed by atoms with Crippen LogP contribution >= 0.6 is 0 Å². The highest BCUT2D eigenvalue weighted by Crippen LogP contribution is 2.35. The van der Waals surface area contributed by atoms with Gasteiger partial charge in [-0.15, -0.1) is 0 Å². The maximum Gasteiger partial charge on any atom is 0.418 e. The normalized spacial score (nSPS) is 11.3. The van der Waals surface area contributed by atoms with Crippen LogP contribution in [-0.2, 0) is 12.7 Å². The summed E-state index contributed by atoms with van der Waals surface area (Å²) in [6.45, 7) is 4.85. The minimum absolute atomic E-state index is 0.00878. The van der Waals surface area contributed by atoms with Crippen molar-refractivity contribution in [2.24, 2.45) is 0 Å². The van der Waals surface area contributed by atoms with E-state index in [1.807, 2.05) is 24.6 Å². The fraction of sp³-hybridized carbons (Fsp3) is 0.375. The van der Waals surface area contributed by atoms with E-state index in [-0.39, 0.29) is 11.3 Å². The topological polar surface area (TPSA) is 53.6 Å². The van der Waals surface area contributed by atoms with E-state index < -0.39 is 11.7 Å². The third kappa shape index (κ3) is 4.25. The van der Waals surface area contributed by atoms with Crippen LogP contribution in [0.25, 0.3) is 0 Å². The molecule has 0 radical (unpaired) electrons. The van der Waals surface area contributed by atoms with Gasteiger partial charge in [0.05, 0.1) is 22.9 Å². The van der Waals surface area contributed by atoms with Crippen LogP contribution in [0.5, 0.6) is 0 Å². The lowest BCUT2D eigenvalue weighted by molar-refractivity contribution is -0.137. The van der Waals surface area contributed by atoms with Gasteiger partial charge in [-0.25, -0.2) is 0 Å². The number of anilines is 1. The highest BCUT2D eigenvalue weighted by Gasteiger charge is 2.33. The second-order valence-corrected chi connectivity index (χ2v) is 5.30. The number of halogens is 3. The van der Waals surface area contributed by atoms with Gasteiger partial charge in [-0.2, -0.15) is 23.5 Å². The van der Waals surface area contributed by atoms with Crippen LogP contribution in [0.1, 0.15) is 28.9 Å². The van der Waals surface area contributed by atoms with Crippen molar-refractivity contribution in [3.05, 3.63) is 46.8 Å². The summed E-state index contributed by atoms with van der Waals surface area (Å²) < 4.78 is 40.9. The molecule has 0 aliphatic carbocycles. The first kappa shape index (κ1) is 16.9. The Labute approximate surface area is 132 Å². The first-order valence-corrected chi connectivity index (χ1v) is 7.17. The molecule has 0 unspecified atom stereocenters. The average Bonchev–Trinajstić information content (AvgIpc) is 2.80. The van der Waals surface area contributed by atoms with Gasteiger partial charge in [-0.1, -0.05) is 0 Å². The van der Waals surface area contributed by atoms with E-state index in [0.717, 1.165) is 17.5 Å². The molecule has 1 aromatic heterocycles. The van der Waals surface area contributed by atoms with Crippen molar-refractivity contribution < 1.29 is 13.2 Å². The van der Waals surface area contributed by atoms with Crippen molar-refractivity contribution in [2.75, 3.05) is 11.9 Å². The van der Waals surface area contributed by atoms with E-state index in [0.29, 0.717) is 19.5 Å². The quantitative estimate of drug-likeness (QED) is 0.850. The number of nitrogens with one attached hydrogen (secondary N) is 1. The standard InChI is InChI=1S/C16H17F3N4/c1-11-8-12(2)23(22-11)7-3-6-21-15-5-4-13(10-20)9-14(15)16(17,18)19/h4-5,8-9,21H,3,6-7H2,1-2H3. The molecule has 2 rings (SSSR count). The van der Waals surface area contributed by atoms with Gasteiger partial charge >= 0.3 is 6.18 Å². The first-order valence-electron chi connectivity index (χ1n) is 7.17. The van der Waals surface area contributed by atoms with E-state index in [4.69, 9.17) is 5.26 Å². The SMILES string of the molecule is Cc1cc(C)n(CCCNc2ccc(C#N)cc2C(F)(F)F)n1. The van der Waals surface area contributed by atoms with Crippen molar-refractivity contribution in [3.8, 4) is 6.07 Å². The molecule has 0 atom stereocenters. The Balaban J connectivity index is 2.00. The summed E-state index contributed by atoms with van der Waals surface area (Å²) in [6, 6.07) is 7.21. The predicted octanol–water partition coefficient (Wildman–Crippen LogP) is 3.89. The monoisotopic (exact) mass is 322 g/mol. The van der Waals surface area contributed by atoms with Gasteiger partial charge in [0, 0.05) is 24.5 Å². The highest BCUT2D eigenvalue weighted by atomic mass is 19.4. The van der Waals surface area contributed by atoms with Crippen LogP contribution in [0.4, 0.5) is 18.9 Å². The molecule has 7 heteroatoms. The van der Waals surface area contributed by atoms with Gasteiger partial charge in [0.2, 0.25) is 0 Å². The molecule has 2 aromatic rings. The summed E-state index contributed by atoms with van der Waals surface area (Å²) in [5, 5.41) is 15.8. The molecule has 0 saturated heterocycles. The maximum absolute atomic E-state index is 13.0. The Hall–Kier alpha value is -2.49. The van der Waals surface area contributed by atoms with Crippen LogP contribution in [0, 0.1) is 25.2 Å². The fourth-order valence-electron chi connectivity index (χ4n) is 2.36. The smallest absolute Gasteiger partial charge is 0.384 e. The van der Waals surface area contributed by atoms with E-state index in [9.17, 15) is 13.2 Å². The molecule has 0 aliphatic heterocycles. The summed E-state index contributed by atoms with van der Waals surface area (Å²) in [4.78, 5) is 0. The van der Waals surface area contributed by atoms with Crippen LogP contribution in [-0.4, -0.2) is 16.3 Å². The van der Waals surface area contributed by atoms with Gasteiger partial charge in [0.25, 0.3) is 0 Å². The third-order valence-corrected chi connectivity index (χ3v) is 3.42. The number of nitriles is 1. The fourth-order valence-corrected chi connectivity index (χ4v) is 2.36. The zero-order valence-electron chi connectivity index (χ0n) is 12.9. The van der Waals surface area contributed by atoms with Crippen molar-refractivity contribution in [1.29, 1.82) is 5.26 Å². The van der Waals surface area contributed by atoms with Gasteiger partial charge in [0.1, 0.15) is 0 Å². The molecular weight excluding hydrogens is 305 g/mol. The van der Waals surface area contributed by atoms with Crippen molar-refractivity contribution in [2.45, 2.75) is 33.0 Å². The average molecular weight is 322 g/mol. The van der Waals surface area contributed by atoms with Crippen molar-refractivity contribution in [3.63, 3.8) is 0 Å². The molecule has 122 valence electrons. The molecule has 0 bridgehead atoms. The molecule has 0 spiro atoms. The van der Waals surface area contributed by atoms with E-state index >= 15 is 0 Å². The minimum atomic E-state index is -4.50. The number of rotatable bonds is 5. The first-order chi connectivity index (χ1) is 10.8. The summed E-state index contributed by atoms with van der Waals surface area (Å²) >= 11 is 0. The van der Waals surface area contributed by atoms with E-state index in [1.54, 1.807) is 6.07 Å². The van der Waals surface area contributed by atoms with Crippen molar-refractivity contribution in [1.82, 2.24) is 9.78 Å². The Bertz CT molecular complexity index is 726. The molecule has 4 nitrogen and oxygen atoms in total. The number of aryl methyl sites for hydroxylation is 3. The second kappa shape index (κ2) is 6.73. The summed E-state index contributed by atoms with van der Waals surface area (Å²) in [5.74, 6) is 0. The number of benzene rings is 1. The molecule has 0 aliphatic rings. The molecule has 1 aromatic carbocycles. The Morgan fingerprint density at radius 1 is 1.26 bits per heavy atom. The van der Waals surface area contributed by atoms with Crippen LogP contribution in [0.3, 0.4) is 0 Å². The number of hydrogen-bond donors (Lipinski definition) is 1. The minimum Gasteiger partial charge on any atom is -0.384 e. The number of hydrogen-bond acceptors (Lipinski definition) is 3. The summed E-state index contributed by atoms with van der Waals surface area (Å²) in [6.07, 6.45) is -3.86. The summed E-state index contributed by atoms with van der Waals surface area (Å²) in [5.41, 5.74) is 1.11. The van der Waals surface area contributed by atoms with Gasteiger partial charge < -0.3 is 5.32 Å². The maximum atomic E-state index is 13.0. The highest BCUT2D eigenvalue weighted by molar-refractivity contribution is 5.56. The number of alkyl halides is 3. The Morgan fingerprint density at radius 3 is 2.57 bits per heavy atom. The zero-order valence-corrected chi connectivity index (χ0v) is 12.9. The molecule has 23 heavy (non-hydrogen) atoms. The molecule has 0 fully saturated rings. The van der Waals surface area contributed by atoms with Crippen LogP contribution in [0.15, 0.2) is 24.3 Å². The number of nitrogens with zero attached hydrogens (tertiary/aromatic N) is 3. The molecule has 0 amide bonds. The lowest BCUT2D eigenvalue weighted by Crippen LogP contribution is -2.13. The zero-order chi connectivity index (χ0) is 17.0. The van der Waals surface area contributed by atoms with Gasteiger partial charge in [-0.3, -0.25) is 4.68 Å². The molecule has 0 saturated carbocycles.